The molecule has 0 radical (unpaired) electrons. The Bertz CT molecular complexity index is 349. The number of hydrogen-bond acceptors (Lipinski definition) is 3. The average molecular weight is 206 g/mol. The van der Waals surface area contributed by atoms with Crippen molar-refractivity contribution in [3.8, 4) is 0 Å². The Morgan fingerprint density at radius 1 is 1.53 bits per heavy atom. The third kappa shape index (κ3) is 1.55. The molecule has 4 heteroatoms. The third-order valence-corrected chi connectivity index (χ3v) is 3.25. The number of rotatable bonds is 1. The predicted molar refractivity (Wildman–Crippen MR) is 54.5 cm³/mol. The first-order chi connectivity index (χ1) is 7.33. The lowest BCUT2D eigenvalue weighted by Gasteiger charge is -2.30. The summed E-state index contributed by atoms with van der Waals surface area (Å²) in [6.07, 6.45) is 2.76. The van der Waals surface area contributed by atoms with E-state index in [4.69, 9.17) is 4.42 Å². The molecule has 3 rings (SSSR count). The van der Waals surface area contributed by atoms with Gasteiger partial charge in [0.25, 0.3) is 5.91 Å². The number of carbonyl (C=O) groups is 1. The normalized spacial score (nSPS) is 29.5. The van der Waals surface area contributed by atoms with Crippen LogP contribution in [0.2, 0.25) is 0 Å². The van der Waals surface area contributed by atoms with Crippen molar-refractivity contribution in [3.05, 3.63) is 24.2 Å². The highest BCUT2D eigenvalue weighted by atomic mass is 16.3. The van der Waals surface area contributed by atoms with Gasteiger partial charge in [0, 0.05) is 25.7 Å². The maximum Gasteiger partial charge on any atom is 0.289 e. The molecule has 0 aromatic carbocycles. The van der Waals surface area contributed by atoms with Gasteiger partial charge in [-0.05, 0) is 24.5 Å². The summed E-state index contributed by atoms with van der Waals surface area (Å²) < 4.78 is 5.13. The molecule has 15 heavy (non-hydrogen) atoms. The Hall–Kier alpha value is -1.29. The van der Waals surface area contributed by atoms with E-state index in [2.05, 4.69) is 5.32 Å². The molecule has 0 unspecified atom stereocenters. The first kappa shape index (κ1) is 8.97. The van der Waals surface area contributed by atoms with Gasteiger partial charge in [0.2, 0.25) is 0 Å². The van der Waals surface area contributed by atoms with Crippen molar-refractivity contribution in [1.82, 2.24) is 10.2 Å². The number of amides is 1. The third-order valence-electron chi connectivity index (χ3n) is 3.25. The van der Waals surface area contributed by atoms with Crippen LogP contribution in [0.3, 0.4) is 0 Å². The molecule has 0 aliphatic carbocycles. The van der Waals surface area contributed by atoms with Crippen molar-refractivity contribution in [2.24, 2.45) is 5.92 Å². The molecular formula is C11H14N2O2. The topological polar surface area (TPSA) is 45.5 Å². The van der Waals surface area contributed by atoms with Crippen LogP contribution >= 0.6 is 0 Å². The first-order valence-electron chi connectivity index (χ1n) is 5.39. The SMILES string of the molecule is O=C(c1ccco1)N1C[C@@H]2CN[C@@H](C2)C1. The van der Waals surface area contributed by atoms with Crippen molar-refractivity contribution < 1.29 is 9.21 Å². The molecule has 2 saturated heterocycles. The van der Waals surface area contributed by atoms with Crippen LogP contribution in [0.1, 0.15) is 17.0 Å². The van der Waals surface area contributed by atoms with Crippen LogP contribution in [0.5, 0.6) is 0 Å². The number of likely N-dealkylation sites (tertiary alicyclic amines) is 1. The van der Waals surface area contributed by atoms with E-state index in [0.717, 1.165) is 19.6 Å². The Labute approximate surface area is 88.2 Å². The van der Waals surface area contributed by atoms with Gasteiger partial charge in [-0.15, -0.1) is 0 Å². The van der Waals surface area contributed by atoms with Crippen molar-refractivity contribution in [2.75, 3.05) is 19.6 Å². The number of fused-ring (bicyclic) bond motifs is 2. The van der Waals surface area contributed by atoms with Gasteiger partial charge in [-0.25, -0.2) is 0 Å². The molecule has 1 aromatic rings. The van der Waals surface area contributed by atoms with E-state index >= 15 is 0 Å². The lowest BCUT2D eigenvalue weighted by atomic mass is 10.00. The second kappa shape index (κ2) is 3.38. The van der Waals surface area contributed by atoms with Crippen LogP contribution in [0.25, 0.3) is 0 Å². The Morgan fingerprint density at radius 3 is 3.20 bits per heavy atom. The highest BCUT2D eigenvalue weighted by Crippen LogP contribution is 2.23. The molecule has 1 aromatic heterocycles. The van der Waals surface area contributed by atoms with Crippen LogP contribution in [0.15, 0.2) is 22.8 Å². The average Bonchev–Trinajstić information content (AvgIpc) is 2.87. The quantitative estimate of drug-likeness (QED) is 0.736. The molecule has 2 aliphatic heterocycles. The van der Waals surface area contributed by atoms with Crippen LogP contribution in [-0.4, -0.2) is 36.5 Å². The standard InChI is InChI=1S/C11H14N2O2/c14-11(10-2-1-3-15-10)13-6-8-4-9(7-13)12-5-8/h1-3,8-9,12H,4-7H2/t8-,9-/m0/s1. The molecule has 2 atom stereocenters. The van der Waals surface area contributed by atoms with Gasteiger partial charge in [-0.1, -0.05) is 0 Å². The van der Waals surface area contributed by atoms with Crippen LogP contribution < -0.4 is 5.32 Å². The van der Waals surface area contributed by atoms with E-state index in [-0.39, 0.29) is 5.91 Å². The number of carbonyl (C=O) groups excluding carboxylic acids is 1. The molecule has 2 bridgehead atoms. The summed E-state index contributed by atoms with van der Waals surface area (Å²) in [5.74, 6) is 1.11. The van der Waals surface area contributed by atoms with Crippen LogP contribution in [0, 0.1) is 5.92 Å². The Balaban J connectivity index is 1.75. The van der Waals surface area contributed by atoms with Gasteiger partial charge in [0.15, 0.2) is 5.76 Å². The smallest absolute Gasteiger partial charge is 0.289 e. The summed E-state index contributed by atoms with van der Waals surface area (Å²) >= 11 is 0. The summed E-state index contributed by atoms with van der Waals surface area (Å²) in [5, 5.41) is 3.42. The fourth-order valence-corrected chi connectivity index (χ4v) is 2.55. The molecule has 0 spiro atoms. The van der Waals surface area contributed by atoms with Gasteiger partial charge in [0.1, 0.15) is 0 Å². The van der Waals surface area contributed by atoms with Gasteiger partial charge < -0.3 is 14.6 Å². The highest BCUT2D eigenvalue weighted by Gasteiger charge is 2.35. The second-order valence-electron chi connectivity index (χ2n) is 4.39. The number of nitrogens with one attached hydrogen (secondary N) is 1. The molecular weight excluding hydrogens is 192 g/mol. The van der Waals surface area contributed by atoms with Crippen LogP contribution in [0.4, 0.5) is 0 Å². The minimum Gasteiger partial charge on any atom is -0.459 e. The van der Waals surface area contributed by atoms with Crippen molar-refractivity contribution in [1.29, 1.82) is 0 Å². The zero-order chi connectivity index (χ0) is 10.3. The second-order valence-corrected chi connectivity index (χ2v) is 4.39. The molecule has 0 saturated carbocycles. The molecule has 1 N–H and O–H groups in total. The fraction of sp³-hybridized carbons (Fsp3) is 0.545. The Morgan fingerprint density at radius 2 is 2.47 bits per heavy atom. The van der Waals surface area contributed by atoms with Gasteiger partial charge >= 0.3 is 0 Å². The minimum absolute atomic E-state index is 0.0263. The predicted octanol–water partition coefficient (Wildman–Crippen LogP) is 0.714. The monoisotopic (exact) mass is 206 g/mol. The first-order valence-corrected chi connectivity index (χ1v) is 5.39. The number of nitrogens with zero attached hydrogens (tertiary/aromatic N) is 1. The highest BCUT2D eigenvalue weighted by molar-refractivity contribution is 5.91. The van der Waals surface area contributed by atoms with Crippen LogP contribution in [-0.2, 0) is 0 Å². The molecule has 1 amide bonds. The van der Waals surface area contributed by atoms with Crippen molar-refractivity contribution in [2.45, 2.75) is 12.5 Å². The maximum absolute atomic E-state index is 12.0. The summed E-state index contributed by atoms with van der Waals surface area (Å²) in [4.78, 5) is 13.9. The van der Waals surface area contributed by atoms with Gasteiger partial charge in [-0.3, -0.25) is 4.79 Å². The minimum atomic E-state index is 0.0263. The maximum atomic E-state index is 12.0. The Kier molecular flexibility index (Phi) is 2.02. The lowest BCUT2D eigenvalue weighted by Crippen LogP contribution is -2.44. The summed E-state index contributed by atoms with van der Waals surface area (Å²) in [7, 11) is 0. The lowest BCUT2D eigenvalue weighted by molar-refractivity contribution is 0.0659. The summed E-state index contributed by atoms with van der Waals surface area (Å²) in [5.41, 5.74) is 0. The summed E-state index contributed by atoms with van der Waals surface area (Å²) in [6, 6.07) is 3.97. The number of furan rings is 1. The zero-order valence-corrected chi connectivity index (χ0v) is 8.48. The van der Waals surface area contributed by atoms with E-state index < -0.39 is 0 Å². The van der Waals surface area contributed by atoms with E-state index in [9.17, 15) is 4.79 Å². The molecule has 2 fully saturated rings. The largest absolute Gasteiger partial charge is 0.459 e. The molecule has 2 aliphatic rings. The van der Waals surface area contributed by atoms with E-state index in [1.165, 1.54) is 6.42 Å². The van der Waals surface area contributed by atoms with Crippen molar-refractivity contribution in [3.63, 3.8) is 0 Å². The molecule has 80 valence electrons. The molecule has 3 heterocycles. The zero-order valence-electron chi connectivity index (χ0n) is 8.48. The van der Waals surface area contributed by atoms with Crippen molar-refractivity contribution >= 4 is 5.91 Å². The fourth-order valence-electron chi connectivity index (χ4n) is 2.55. The number of hydrogen-bond donors (Lipinski definition) is 1. The van der Waals surface area contributed by atoms with E-state index in [1.807, 2.05) is 4.90 Å². The van der Waals surface area contributed by atoms with Gasteiger partial charge in [-0.2, -0.15) is 0 Å². The molecule has 4 nitrogen and oxygen atoms in total. The number of piperidine rings is 1. The van der Waals surface area contributed by atoms with E-state index in [1.54, 1.807) is 18.4 Å². The van der Waals surface area contributed by atoms with E-state index in [0.29, 0.717) is 17.7 Å². The van der Waals surface area contributed by atoms with Gasteiger partial charge in [0.05, 0.1) is 6.26 Å². The summed E-state index contributed by atoms with van der Waals surface area (Å²) in [6.45, 7) is 2.73.